The first-order chi connectivity index (χ1) is 9.69. The number of hydrogen-bond acceptors (Lipinski definition) is 7. The van der Waals surface area contributed by atoms with E-state index < -0.39 is 0 Å². The summed E-state index contributed by atoms with van der Waals surface area (Å²) in [5, 5.41) is 9.47. The highest BCUT2D eigenvalue weighted by molar-refractivity contribution is 7.13. The zero-order valence-corrected chi connectivity index (χ0v) is 12.3. The lowest BCUT2D eigenvalue weighted by atomic mass is 10.2. The van der Waals surface area contributed by atoms with Crippen LogP contribution in [0, 0.1) is 0 Å². The molecule has 108 valence electrons. The van der Waals surface area contributed by atoms with Gasteiger partial charge in [0.1, 0.15) is 12.2 Å². The van der Waals surface area contributed by atoms with Crippen LogP contribution in [-0.2, 0) is 22.5 Å². The number of rotatable bonds is 7. The smallest absolute Gasteiger partial charge is 0.306 e. The number of thiazole rings is 1. The second kappa shape index (κ2) is 6.99. The first-order valence-corrected chi connectivity index (χ1v) is 7.22. The summed E-state index contributed by atoms with van der Waals surface area (Å²) in [6.07, 6.45) is 2.45. The van der Waals surface area contributed by atoms with Crippen LogP contribution in [0.25, 0.3) is 0 Å². The minimum absolute atomic E-state index is 0.183. The van der Waals surface area contributed by atoms with Crippen molar-refractivity contribution in [3.63, 3.8) is 0 Å². The van der Waals surface area contributed by atoms with Crippen LogP contribution >= 0.6 is 11.3 Å². The summed E-state index contributed by atoms with van der Waals surface area (Å²) < 4.78 is 4.89. The Morgan fingerprint density at radius 3 is 3.10 bits per heavy atom. The molecule has 0 atom stereocenters. The van der Waals surface area contributed by atoms with Gasteiger partial charge in [0.2, 0.25) is 0 Å². The first-order valence-electron chi connectivity index (χ1n) is 6.34. The predicted octanol–water partition coefficient (Wildman–Crippen LogP) is 1.39. The van der Waals surface area contributed by atoms with Gasteiger partial charge in [-0.05, 0) is 6.92 Å². The molecule has 2 aromatic heterocycles. The average Bonchev–Trinajstić information content (AvgIpc) is 3.07. The van der Waals surface area contributed by atoms with E-state index in [1.165, 1.54) is 6.33 Å². The number of nitrogens with zero attached hydrogens (tertiary/aromatic N) is 4. The number of aryl methyl sites for hydroxylation is 1. The molecule has 1 N–H and O–H groups in total. The molecule has 0 saturated carbocycles. The Kier molecular flexibility index (Phi) is 5.05. The maximum absolute atomic E-state index is 11.3. The molecule has 20 heavy (non-hydrogen) atoms. The average molecular weight is 295 g/mol. The topological polar surface area (TPSA) is 84.0 Å². The zero-order chi connectivity index (χ0) is 14.4. The molecule has 2 heterocycles. The highest BCUT2D eigenvalue weighted by Crippen LogP contribution is 2.21. The van der Waals surface area contributed by atoms with E-state index in [0.29, 0.717) is 26.0 Å². The van der Waals surface area contributed by atoms with E-state index in [1.807, 2.05) is 17.3 Å². The summed E-state index contributed by atoms with van der Waals surface area (Å²) in [5.74, 6) is 0.604. The molecule has 0 unspecified atom stereocenters. The summed E-state index contributed by atoms with van der Waals surface area (Å²) in [4.78, 5) is 21.9. The Labute approximate surface area is 121 Å². The van der Waals surface area contributed by atoms with Gasteiger partial charge in [-0.15, -0.1) is 11.3 Å². The number of carbonyl (C=O) groups excluding carboxylic acids is 1. The van der Waals surface area contributed by atoms with Crippen LogP contribution in [0.5, 0.6) is 0 Å². The summed E-state index contributed by atoms with van der Waals surface area (Å²) in [5.41, 5.74) is 0.905. The standard InChI is InChI=1S/C12H17N5O2S/c1-3-19-11(18)5-4-9-7-20-12(15-9)17(2)6-10-13-8-14-16-10/h7-8H,3-6H2,1-2H3,(H,13,14,16). The molecule has 0 aliphatic rings. The predicted molar refractivity (Wildman–Crippen MR) is 75.6 cm³/mol. The van der Waals surface area contributed by atoms with Crippen molar-refractivity contribution in [1.29, 1.82) is 0 Å². The van der Waals surface area contributed by atoms with Crippen LogP contribution in [0.15, 0.2) is 11.7 Å². The van der Waals surface area contributed by atoms with E-state index in [2.05, 4.69) is 20.2 Å². The largest absolute Gasteiger partial charge is 0.466 e. The number of nitrogens with one attached hydrogen (secondary N) is 1. The molecule has 0 aromatic carbocycles. The third-order valence-corrected chi connectivity index (χ3v) is 3.61. The maximum atomic E-state index is 11.3. The van der Waals surface area contributed by atoms with Crippen molar-refractivity contribution in [2.75, 3.05) is 18.6 Å². The summed E-state index contributed by atoms with van der Waals surface area (Å²) in [6.45, 7) is 2.84. The van der Waals surface area contributed by atoms with Crippen LogP contribution in [-0.4, -0.2) is 39.8 Å². The molecule has 0 radical (unpaired) electrons. The molecule has 0 aliphatic heterocycles. The minimum atomic E-state index is -0.183. The molecule has 0 saturated heterocycles. The van der Waals surface area contributed by atoms with Crippen molar-refractivity contribution in [3.05, 3.63) is 23.2 Å². The quantitative estimate of drug-likeness (QED) is 0.777. The van der Waals surface area contributed by atoms with Gasteiger partial charge in [-0.2, -0.15) is 5.10 Å². The molecule has 0 spiro atoms. The lowest BCUT2D eigenvalue weighted by Crippen LogP contribution is -2.17. The number of aromatic nitrogens is 4. The van der Waals surface area contributed by atoms with Gasteiger partial charge in [0.25, 0.3) is 0 Å². The molecule has 8 heteroatoms. The highest BCUT2D eigenvalue weighted by atomic mass is 32.1. The molecule has 0 bridgehead atoms. The van der Waals surface area contributed by atoms with Crippen molar-refractivity contribution in [2.24, 2.45) is 0 Å². The van der Waals surface area contributed by atoms with E-state index in [0.717, 1.165) is 16.6 Å². The summed E-state index contributed by atoms with van der Waals surface area (Å²) in [7, 11) is 1.94. The van der Waals surface area contributed by atoms with Crippen molar-refractivity contribution in [2.45, 2.75) is 26.3 Å². The SMILES string of the molecule is CCOC(=O)CCc1csc(N(C)Cc2ncn[nH]2)n1. The molecule has 7 nitrogen and oxygen atoms in total. The van der Waals surface area contributed by atoms with E-state index in [9.17, 15) is 4.79 Å². The summed E-state index contributed by atoms with van der Waals surface area (Å²) >= 11 is 1.55. The Morgan fingerprint density at radius 1 is 1.55 bits per heavy atom. The van der Waals surface area contributed by atoms with Gasteiger partial charge in [0.15, 0.2) is 5.13 Å². The normalized spacial score (nSPS) is 10.5. The van der Waals surface area contributed by atoms with Gasteiger partial charge in [-0.3, -0.25) is 9.89 Å². The third kappa shape index (κ3) is 4.02. The second-order valence-corrected chi connectivity index (χ2v) is 5.05. The molecule has 0 fully saturated rings. The Morgan fingerprint density at radius 2 is 2.40 bits per heavy atom. The number of esters is 1. The Balaban J connectivity index is 1.86. The third-order valence-electron chi connectivity index (χ3n) is 2.61. The van der Waals surface area contributed by atoms with Crippen molar-refractivity contribution in [3.8, 4) is 0 Å². The van der Waals surface area contributed by atoms with Crippen molar-refractivity contribution < 1.29 is 9.53 Å². The Hall–Kier alpha value is -1.96. The van der Waals surface area contributed by atoms with Gasteiger partial charge in [0, 0.05) is 18.8 Å². The van der Waals surface area contributed by atoms with Crippen LogP contribution in [0.2, 0.25) is 0 Å². The maximum Gasteiger partial charge on any atom is 0.306 e. The number of aromatic amines is 1. The van der Waals surface area contributed by atoms with Crippen molar-refractivity contribution >= 4 is 22.4 Å². The van der Waals surface area contributed by atoms with Gasteiger partial charge in [-0.25, -0.2) is 9.97 Å². The fourth-order valence-corrected chi connectivity index (χ4v) is 2.48. The molecular formula is C12H17N5O2S. The van der Waals surface area contributed by atoms with E-state index >= 15 is 0 Å². The number of ether oxygens (including phenoxy) is 1. The minimum Gasteiger partial charge on any atom is -0.466 e. The molecule has 2 rings (SSSR count). The number of carbonyl (C=O) groups is 1. The highest BCUT2D eigenvalue weighted by Gasteiger charge is 2.10. The molecule has 0 aliphatic carbocycles. The van der Waals surface area contributed by atoms with E-state index in [-0.39, 0.29) is 5.97 Å². The van der Waals surface area contributed by atoms with Crippen LogP contribution in [0.3, 0.4) is 0 Å². The lowest BCUT2D eigenvalue weighted by molar-refractivity contribution is -0.143. The summed E-state index contributed by atoms with van der Waals surface area (Å²) in [6, 6.07) is 0. The zero-order valence-electron chi connectivity index (χ0n) is 11.5. The fourth-order valence-electron chi connectivity index (χ4n) is 1.65. The number of H-pyrrole nitrogens is 1. The van der Waals surface area contributed by atoms with E-state index in [1.54, 1.807) is 18.3 Å². The number of hydrogen-bond donors (Lipinski definition) is 1. The van der Waals surface area contributed by atoms with Gasteiger partial charge in [0.05, 0.1) is 25.3 Å². The van der Waals surface area contributed by atoms with Gasteiger partial charge >= 0.3 is 5.97 Å². The molecular weight excluding hydrogens is 278 g/mol. The second-order valence-electron chi connectivity index (χ2n) is 4.21. The van der Waals surface area contributed by atoms with Crippen LogP contribution in [0.1, 0.15) is 24.9 Å². The lowest BCUT2D eigenvalue weighted by Gasteiger charge is -2.13. The van der Waals surface area contributed by atoms with Gasteiger partial charge < -0.3 is 9.64 Å². The Bertz CT molecular complexity index is 540. The fraction of sp³-hybridized carbons (Fsp3) is 0.500. The van der Waals surface area contributed by atoms with Crippen molar-refractivity contribution in [1.82, 2.24) is 20.2 Å². The molecule has 0 amide bonds. The van der Waals surface area contributed by atoms with Crippen LogP contribution in [0.4, 0.5) is 5.13 Å². The van der Waals surface area contributed by atoms with Gasteiger partial charge in [-0.1, -0.05) is 0 Å². The first kappa shape index (κ1) is 14.4. The number of anilines is 1. The van der Waals surface area contributed by atoms with Crippen LogP contribution < -0.4 is 4.90 Å². The molecule has 2 aromatic rings. The monoisotopic (exact) mass is 295 g/mol. The van der Waals surface area contributed by atoms with E-state index in [4.69, 9.17) is 4.74 Å².